The summed E-state index contributed by atoms with van der Waals surface area (Å²) >= 11 is 0. The Kier molecular flexibility index (Phi) is 7.12. The number of aromatic nitrogens is 1. The van der Waals surface area contributed by atoms with Crippen LogP contribution in [-0.4, -0.2) is 25.8 Å². The summed E-state index contributed by atoms with van der Waals surface area (Å²) in [6.45, 7) is 8.46. The SMILES string of the molecule is CCN(CC)c1ccc(Nc2ccc(N(C)/N=C(\C)c3cc[n+](C)c4ccccc34)cc2)cc1. The summed E-state index contributed by atoms with van der Waals surface area (Å²) in [5.74, 6) is 0. The maximum absolute atomic E-state index is 4.87. The summed E-state index contributed by atoms with van der Waals surface area (Å²) in [7, 11) is 4.06. The number of nitrogens with one attached hydrogen (secondary N) is 1. The van der Waals surface area contributed by atoms with Gasteiger partial charge >= 0.3 is 0 Å². The number of hydrazone groups is 1. The number of pyridine rings is 1. The van der Waals surface area contributed by atoms with Crippen LogP contribution in [0.15, 0.2) is 90.2 Å². The third-order valence-electron chi connectivity index (χ3n) is 6.25. The zero-order valence-electron chi connectivity index (χ0n) is 20.8. The van der Waals surface area contributed by atoms with Gasteiger partial charge in [0.25, 0.3) is 0 Å². The number of hydrogen-bond donors (Lipinski definition) is 1. The van der Waals surface area contributed by atoms with Crippen molar-refractivity contribution in [1.29, 1.82) is 0 Å². The first-order chi connectivity index (χ1) is 16.5. The number of anilines is 4. The smallest absolute Gasteiger partial charge is 0.212 e. The minimum absolute atomic E-state index is 0.981. The lowest BCUT2D eigenvalue weighted by molar-refractivity contribution is -0.644. The predicted octanol–water partition coefficient (Wildman–Crippen LogP) is 6.11. The molecule has 3 aromatic carbocycles. The van der Waals surface area contributed by atoms with Gasteiger partial charge in [0.05, 0.1) is 16.8 Å². The highest BCUT2D eigenvalue weighted by atomic mass is 15.4. The van der Waals surface area contributed by atoms with Crippen molar-refractivity contribution in [2.45, 2.75) is 20.8 Å². The Balaban J connectivity index is 1.48. The summed E-state index contributed by atoms with van der Waals surface area (Å²) < 4.78 is 2.14. The van der Waals surface area contributed by atoms with E-state index in [-0.39, 0.29) is 0 Å². The zero-order valence-corrected chi connectivity index (χ0v) is 20.8. The Hall–Kier alpha value is -3.86. The van der Waals surface area contributed by atoms with Gasteiger partial charge in [-0.2, -0.15) is 5.10 Å². The van der Waals surface area contributed by atoms with Gasteiger partial charge in [-0.05, 0) is 75.4 Å². The van der Waals surface area contributed by atoms with Crippen molar-refractivity contribution in [2.24, 2.45) is 12.1 Å². The van der Waals surface area contributed by atoms with Gasteiger partial charge in [0.15, 0.2) is 6.20 Å². The molecule has 0 saturated carbocycles. The molecule has 0 saturated heterocycles. The molecule has 0 unspecified atom stereocenters. The van der Waals surface area contributed by atoms with Gasteiger partial charge in [-0.3, -0.25) is 5.01 Å². The van der Waals surface area contributed by atoms with Gasteiger partial charge in [0, 0.05) is 54.9 Å². The van der Waals surface area contributed by atoms with Crippen molar-refractivity contribution in [3.63, 3.8) is 0 Å². The quantitative estimate of drug-likeness (QED) is 0.199. The molecule has 1 heterocycles. The molecule has 0 aliphatic heterocycles. The fourth-order valence-electron chi connectivity index (χ4n) is 4.29. The van der Waals surface area contributed by atoms with Crippen molar-refractivity contribution in [1.82, 2.24) is 0 Å². The summed E-state index contributed by atoms with van der Waals surface area (Å²) in [4.78, 5) is 2.34. The average Bonchev–Trinajstić information content (AvgIpc) is 2.86. The average molecular weight is 453 g/mol. The first kappa shape index (κ1) is 23.3. The molecule has 4 rings (SSSR count). The number of benzene rings is 3. The van der Waals surface area contributed by atoms with E-state index in [1.165, 1.54) is 16.6 Å². The molecular formula is C29H34N5+. The van der Waals surface area contributed by atoms with Crippen LogP contribution < -0.4 is 19.8 Å². The monoisotopic (exact) mass is 452 g/mol. The number of nitrogens with zero attached hydrogens (tertiary/aromatic N) is 4. The van der Waals surface area contributed by atoms with E-state index in [1.54, 1.807) is 0 Å². The van der Waals surface area contributed by atoms with Crippen molar-refractivity contribution in [2.75, 3.05) is 35.4 Å². The molecule has 0 atom stereocenters. The molecule has 0 spiro atoms. The molecule has 0 amide bonds. The first-order valence-electron chi connectivity index (χ1n) is 11.9. The second-order valence-corrected chi connectivity index (χ2v) is 8.46. The Morgan fingerprint density at radius 1 is 0.824 bits per heavy atom. The highest BCUT2D eigenvalue weighted by molar-refractivity contribution is 6.08. The van der Waals surface area contributed by atoms with Crippen LogP contribution in [-0.2, 0) is 7.05 Å². The molecule has 4 aromatic rings. The van der Waals surface area contributed by atoms with Crippen LogP contribution in [0, 0.1) is 0 Å². The van der Waals surface area contributed by atoms with Gasteiger partial charge in [0.2, 0.25) is 5.52 Å². The minimum Gasteiger partial charge on any atom is -0.372 e. The van der Waals surface area contributed by atoms with Crippen LogP contribution in [0.4, 0.5) is 22.7 Å². The van der Waals surface area contributed by atoms with E-state index >= 15 is 0 Å². The number of para-hydroxylation sites is 1. The lowest BCUT2D eigenvalue weighted by atomic mass is 10.1. The van der Waals surface area contributed by atoms with Gasteiger partial charge in [-0.15, -0.1) is 0 Å². The topological polar surface area (TPSA) is 34.8 Å². The second kappa shape index (κ2) is 10.4. The minimum atomic E-state index is 0.981. The molecule has 1 N–H and O–H groups in total. The van der Waals surface area contributed by atoms with E-state index in [1.807, 2.05) is 12.1 Å². The highest BCUT2D eigenvalue weighted by Gasteiger charge is 2.12. The van der Waals surface area contributed by atoms with Crippen LogP contribution >= 0.6 is 0 Å². The molecule has 1 aromatic heterocycles. The number of hydrogen-bond acceptors (Lipinski definition) is 4. The standard InChI is InChI=1S/C29H34N5/c1-6-34(7-2)26-18-14-24(15-19-26)30-23-12-16-25(17-13-23)33(5)31-22(3)27-20-21-32(4)29-11-9-8-10-28(27)29/h8-21,30H,6-7H2,1-5H3/q+1. The molecule has 0 aliphatic carbocycles. The van der Waals surface area contributed by atoms with Crippen LogP contribution in [0.5, 0.6) is 0 Å². The van der Waals surface area contributed by atoms with Crippen molar-refractivity contribution in [3.05, 3.63) is 90.6 Å². The van der Waals surface area contributed by atoms with Gasteiger partial charge in [-0.25, -0.2) is 4.57 Å². The lowest BCUT2D eigenvalue weighted by Crippen LogP contribution is -2.29. The molecule has 5 nitrogen and oxygen atoms in total. The third-order valence-corrected chi connectivity index (χ3v) is 6.25. The summed E-state index contributed by atoms with van der Waals surface area (Å²) in [6.07, 6.45) is 2.09. The molecular weight excluding hydrogens is 418 g/mol. The van der Waals surface area contributed by atoms with Crippen molar-refractivity contribution < 1.29 is 4.57 Å². The van der Waals surface area contributed by atoms with Gasteiger partial charge < -0.3 is 10.2 Å². The van der Waals surface area contributed by atoms with E-state index in [0.717, 1.165) is 41.4 Å². The maximum atomic E-state index is 4.87. The molecule has 5 heteroatoms. The normalized spacial score (nSPS) is 11.5. The van der Waals surface area contributed by atoms with Crippen molar-refractivity contribution >= 4 is 39.4 Å². The molecule has 0 aliphatic rings. The molecule has 0 bridgehead atoms. The Labute approximate surface area is 203 Å². The maximum Gasteiger partial charge on any atom is 0.212 e. The highest BCUT2D eigenvalue weighted by Crippen LogP contribution is 2.24. The van der Waals surface area contributed by atoms with Crippen LogP contribution in [0.1, 0.15) is 26.3 Å². The van der Waals surface area contributed by atoms with Gasteiger partial charge in [-0.1, -0.05) is 12.1 Å². The predicted molar refractivity (Wildman–Crippen MR) is 145 cm³/mol. The Morgan fingerprint density at radius 3 is 2.03 bits per heavy atom. The number of fused-ring (bicyclic) bond motifs is 1. The van der Waals surface area contributed by atoms with Crippen LogP contribution in [0.25, 0.3) is 10.9 Å². The molecule has 174 valence electrons. The largest absolute Gasteiger partial charge is 0.372 e. The van der Waals surface area contributed by atoms with Gasteiger partial charge in [0.1, 0.15) is 7.05 Å². The molecule has 0 fully saturated rings. The molecule has 34 heavy (non-hydrogen) atoms. The zero-order chi connectivity index (χ0) is 24.1. The van der Waals surface area contributed by atoms with Crippen LogP contribution in [0.3, 0.4) is 0 Å². The lowest BCUT2D eigenvalue weighted by Gasteiger charge is -2.21. The Bertz CT molecular complexity index is 1270. The third kappa shape index (κ3) is 5.04. The van der Waals surface area contributed by atoms with E-state index in [9.17, 15) is 0 Å². The number of rotatable bonds is 8. The van der Waals surface area contributed by atoms with E-state index in [4.69, 9.17) is 5.10 Å². The summed E-state index contributed by atoms with van der Waals surface area (Å²) in [6, 6.07) is 27.5. The summed E-state index contributed by atoms with van der Waals surface area (Å²) in [5.41, 5.74) is 7.73. The van der Waals surface area contributed by atoms with E-state index < -0.39 is 0 Å². The van der Waals surface area contributed by atoms with Crippen molar-refractivity contribution in [3.8, 4) is 0 Å². The molecule has 0 radical (unpaired) electrons. The fraction of sp³-hybridized carbons (Fsp3) is 0.241. The second-order valence-electron chi connectivity index (χ2n) is 8.46. The van der Waals surface area contributed by atoms with E-state index in [0.29, 0.717) is 0 Å². The van der Waals surface area contributed by atoms with Crippen LogP contribution in [0.2, 0.25) is 0 Å². The van der Waals surface area contributed by atoms with E-state index in [2.05, 4.69) is 128 Å². The fourth-order valence-corrected chi connectivity index (χ4v) is 4.29. The Morgan fingerprint density at radius 2 is 1.41 bits per heavy atom. The number of aryl methyl sites for hydroxylation is 1. The summed E-state index contributed by atoms with van der Waals surface area (Å²) in [5, 5.41) is 11.5. The first-order valence-corrected chi connectivity index (χ1v) is 11.9.